The Morgan fingerprint density at radius 1 is 1.48 bits per heavy atom. The van der Waals surface area contributed by atoms with Gasteiger partial charge in [-0.15, -0.1) is 16.4 Å². The van der Waals surface area contributed by atoms with Crippen molar-refractivity contribution in [3.8, 4) is 6.07 Å². The number of nitriles is 1. The molecule has 2 N–H and O–H groups in total. The molecule has 0 unspecified atom stereocenters. The van der Waals surface area contributed by atoms with Gasteiger partial charge in [0.15, 0.2) is 5.78 Å². The molecule has 10 heteroatoms. The Labute approximate surface area is 176 Å². The summed E-state index contributed by atoms with van der Waals surface area (Å²) in [5.74, 6) is 0.934. The minimum absolute atomic E-state index is 0.0241. The summed E-state index contributed by atoms with van der Waals surface area (Å²) in [5.41, 5.74) is 7.84. The van der Waals surface area contributed by atoms with Crippen molar-refractivity contribution in [3.05, 3.63) is 44.7 Å². The number of hydrogen-bond donors (Lipinski definition) is 1. The molecule has 4 rings (SSSR count). The molecule has 0 spiro atoms. The van der Waals surface area contributed by atoms with E-state index in [4.69, 9.17) is 10.5 Å². The van der Waals surface area contributed by atoms with Crippen LogP contribution in [0.1, 0.15) is 43.0 Å². The van der Waals surface area contributed by atoms with Crippen LogP contribution in [-0.4, -0.2) is 26.0 Å². The quantitative estimate of drug-likeness (QED) is 0.738. The first-order valence-corrected chi connectivity index (χ1v) is 10.9. The maximum absolute atomic E-state index is 13.0. The zero-order valence-corrected chi connectivity index (χ0v) is 17.9. The van der Waals surface area contributed by atoms with E-state index in [0.29, 0.717) is 35.5 Å². The third kappa shape index (κ3) is 3.68. The molecular weight excluding hydrogens is 408 g/mol. The molecule has 0 saturated heterocycles. The third-order valence-corrected chi connectivity index (χ3v) is 7.11. The molecule has 8 nitrogen and oxygen atoms in total. The fourth-order valence-corrected chi connectivity index (χ4v) is 5.60. The molecule has 150 valence electrons. The van der Waals surface area contributed by atoms with Gasteiger partial charge in [0.2, 0.25) is 11.0 Å². The first-order valence-electron chi connectivity index (χ1n) is 9.05. The van der Waals surface area contributed by atoms with Crippen LogP contribution in [-0.2, 0) is 22.3 Å². The number of rotatable bonds is 4. The highest BCUT2D eigenvalue weighted by molar-refractivity contribution is 7.98. The Morgan fingerprint density at radius 2 is 2.28 bits per heavy atom. The summed E-state index contributed by atoms with van der Waals surface area (Å²) in [6, 6.07) is 4.19. The minimum Gasteiger partial charge on any atom is -0.444 e. The van der Waals surface area contributed by atoms with E-state index in [0.717, 1.165) is 15.6 Å². The van der Waals surface area contributed by atoms with Crippen molar-refractivity contribution < 1.29 is 9.53 Å². The smallest absolute Gasteiger partial charge is 0.209 e. The highest BCUT2D eigenvalue weighted by atomic mass is 32.2. The van der Waals surface area contributed by atoms with Gasteiger partial charge in [0.1, 0.15) is 17.4 Å². The monoisotopic (exact) mass is 428 g/mol. The summed E-state index contributed by atoms with van der Waals surface area (Å²) in [7, 11) is 1.79. The molecule has 3 heterocycles. The normalized spacial score (nSPS) is 21.0. The second-order valence-corrected chi connectivity index (χ2v) is 9.82. The number of allylic oxidation sites excluding steroid dienone is 3. The van der Waals surface area contributed by atoms with Crippen molar-refractivity contribution in [3.63, 3.8) is 0 Å². The van der Waals surface area contributed by atoms with E-state index in [-0.39, 0.29) is 17.1 Å². The van der Waals surface area contributed by atoms with Crippen LogP contribution >= 0.6 is 23.1 Å². The van der Waals surface area contributed by atoms with Crippen LogP contribution in [0.4, 0.5) is 0 Å². The second kappa shape index (κ2) is 7.31. The molecule has 0 bridgehead atoms. The van der Waals surface area contributed by atoms with Crippen LogP contribution in [0.15, 0.2) is 39.4 Å². The van der Waals surface area contributed by atoms with Gasteiger partial charge in [-0.2, -0.15) is 5.26 Å². The van der Waals surface area contributed by atoms with Crippen molar-refractivity contribution in [1.29, 1.82) is 5.26 Å². The van der Waals surface area contributed by atoms with Gasteiger partial charge in [0, 0.05) is 36.1 Å². The van der Waals surface area contributed by atoms with Gasteiger partial charge in [-0.05, 0) is 32.9 Å². The molecule has 1 aliphatic carbocycles. The topological polar surface area (TPSA) is 120 Å². The zero-order chi connectivity index (χ0) is 20.8. The Bertz CT molecular complexity index is 1090. The standard InChI is InChI=1S/C19H20N6O2S2/c1-19(2)5-12(26)16-13(6-19)27-17(21)11(7-20)15(16)14-4-10(8-28-14)9-29-18-22-23-24-25(18)3/h4,8,15H,5-6,9,21H2,1-3H3/t15-/m1/s1. The van der Waals surface area contributed by atoms with Gasteiger partial charge in [-0.1, -0.05) is 25.6 Å². The lowest BCUT2D eigenvalue weighted by atomic mass is 9.71. The Kier molecular flexibility index (Phi) is 4.96. The molecular formula is C19H20N6O2S2. The number of ketones is 1. The number of aryl methyl sites for hydroxylation is 1. The lowest BCUT2D eigenvalue weighted by molar-refractivity contribution is -0.119. The number of thiophene rings is 1. The second-order valence-electron chi connectivity index (χ2n) is 7.93. The molecule has 2 aliphatic rings. The summed E-state index contributed by atoms with van der Waals surface area (Å²) in [6.07, 6.45) is 1.05. The van der Waals surface area contributed by atoms with Gasteiger partial charge in [0.25, 0.3) is 0 Å². The molecule has 29 heavy (non-hydrogen) atoms. The summed E-state index contributed by atoms with van der Waals surface area (Å²) >= 11 is 3.05. The SMILES string of the molecule is Cn1nnnc1SCc1csc([C@H]2C(C#N)=C(N)OC3=C2C(=O)CC(C)(C)C3)c1. The highest BCUT2D eigenvalue weighted by Gasteiger charge is 2.43. The van der Waals surface area contributed by atoms with Gasteiger partial charge in [-0.25, -0.2) is 4.68 Å². The number of nitrogens with two attached hydrogens (primary N) is 1. The van der Waals surface area contributed by atoms with Crippen LogP contribution in [0.3, 0.4) is 0 Å². The average molecular weight is 429 g/mol. The zero-order valence-electron chi connectivity index (χ0n) is 16.3. The molecule has 2 aromatic heterocycles. The maximum Gasteiger partial charge on any atom is 0.209 e. The molecule has 0 fully saturated rings. The van der Waals surface area contributed by atoms with E-state index in [1.807, 2.05) is 25.3 Å². The summed E-state index contributed by atoms with van der Waals surface area (Å²) in [6.45, 7) is 4.07. The number of carbonyl (C=O) groups excluding carboxylic acids is 1. The maximum atomic E-state index is 13.0. The molecule has 0 amide bonds. The number of thioether (sulfide) groups is 1. The number of Topliss-reactive ketones (excluding diaryl/α,β-unsaturated/α-hetero) is 1. The molecule has 0 saturated carbocycles. The summed E-state index contributed by atoms with van der Waals surface area (Å²) in [4.78, 5) is 13.9. The molecule has 0 radical (unpaired) electrons. The van der Waals surface area contributed by atoms with E-state index in [1.165, 1.54) is 23.1 Å². The van der Waals surface area contributed by atoms with Crippen LogP contribution < -0.4 is 5.73 Å². The van der Waals surface area contributed by atoms with Crippen LogP contribution in [0.5, 0.6) is 0 Å². The van der Waals surface area contributed by atoms with Crippen molar-refractivity contribution >= 4 is 28.9 Å². The number of hydrogen-bond acceptors (Lipinski definition) is 9. The van der Waals surface area contributed by atoms with Crippen molar-refractivity contribution in [2.24, 2.45) is 18.2 Å². The van der Waals surface area contributed by atoms with Crippen LogP contribution in [0.25, 0.3) is 0 Å². The lowest BCUT2D eigenvalue weighted by Gasteiger charge is -2.36. The first-order chi connectivity index (χ1) is 13.8. The molecule has 0 aromatic carbocycles. The minimum atomic E-state index is -0.465. The third-order valence-electron chi connectivity index (χ3n) is 4.98. The van der Waals surface area contributed by atoms with E-state index < -0.39 is 5.92 Å². The number of ether oxygens (including phenoxy) is 1. The fraction of sp³-hybridized carbons (Fsp3) is 0.421. The predicted molar refractivity (Wildman–Crippen MR) is 108 cm³/mol. The van der Waals surface area contributed by atoms with Gasteiger partial charge in [0.05, 0.1) is 5.92 Å². The first kappa shape index (κ1) is 19.7. The lowest BCUT2D eigenvalue weighted by Crippen LogP contribution is -2.33. The summed E-state index contributed by atoms with van der Waals surface area (Å²) in [5, 5.41) is 23.9. The Morgan fingerprint density at radius 3 is 2.97 bits per heavy atom. The number of carbonyl (C=O) groups is 1. The molecule has 1 atom stereocenters. The van der Waals surface area contributed by atoms with E-state index in [1.54, 1.807) is 11.7 Å². The van der Waals surface area contributed by atoms with Crippen molar-refractivity contribution in [2.75, 3.05) is 0 Å². The summed E-state index contributed by atoms with van der Waals surface area (Å²) < 4.78 is 7.36. The van der Waals surface area contributed by atoms with Crippen molar-refractivity contribution in [1.82, 2.24) is 20.2 Å². The van der Waals surface area contributed by atoms with E-state index >= 15 is 0 Å². The van der Waals surface area contributed by atoms with Crippen LogP contribution in [0.2, 0.25) is 0 Å². The fourth-order valence-electron chi connectivity index (χ4n) is 3.68. The van der Waals surface area contributed by atoms with Gasteiger partial charge >= 0.3 is 0 Å². The number of tetrazole rings is 1. The largest absolute Gasteiger partial charge is 0.444 e. The number of aromatic nitrogens is 4. The highest BCUT2D eigenvalue weighted by Crippen LogP contribution is 2.49. The van der Waals surface area contributed by atoms with Gasteiger partial charge < -0.3 is 10.5 Å². The Balaban J connectivity index is 1.66. The Hall–Kier alpha value is -2.64. The van der Waals surface area contributed by atoms with Crippen molar-refractivity contribution in [2.45, 2.75) is 43.5 Å². The predicted octanol–water partition coefficient (Wildman–Crippen LogP) is 3.01. The average Bonchev–Trinajstić information content (AvgIpc) is 3.26. The van der Waals surface area contributed by atoms with E-state index in [2.05, 4.69) is 21.6 Å². The van der Waals surface area contributed by atoms with E-state index in [9.17, 15) is 10.1 Å². The van der Waals surface area contributed by atoms with Crippen LogP contribution in [0, 0.1) is 16.7 Å². The molecule has 1 aliphatic heterocycles. The molecule has 2 aromatic rings. The number of nitrogens with zero attached hydrogens (tertiary/aromatic N) is 5. The van der Waals surface area contributed by atoms with Gasteiger partial charge in [-0.3, -0.25) is 4.79 Å².